The average Bonchev–Trinajstić information content (AvgIpc) is 3.05. The Morgan fingerprint density at radius 3 is 2.38 bits per heavy atom. The van der Waals surface area contributed by atoms with E-state index in [1.165, 1.54) is 18.3 Å². The molecule has 1 aromatic heterocycles. The maximum Gasteiger partial charge on any atom is 0.276 e. The van der Waals surface area contributed by atoms with E-state index in [1.54, 1.807) is 42.5 Å². The molecule has 0 aliphatic heterocycles. The van der Waals surface area contributed by atoms with Gasteiger partial charge in [0.15, 0.2) is 0 Å². The molecular weight excluding hydrogens is 348 g/mol. The summed E-state index contributed by atoms with van der Waals surface area (Å²) >= 11 is 5.85. The maximum absolute atomic E-state index is 12.0. The molecule has 0 radical (unpaired) electrons. The lowest BCUT2D eigenvalue weighted by Crippen LogP contribution is -2.18. The number of rotatable bonds is 5. The van der Waals surface area contributed by atoms with Gasteiger partial charge in [0.2, 0.25) is 0 Å². The minimum absolute atomic E-state index is 0.142. The third kappa shape index (κ3) is 3.84. The van der Waals surface area contributed by atoms with Crippen molar-refractivity contribution in [3.63, 3.8) is 0 Å². The Kier molecular flexibility index (Phi) is 4.69. The molecule has 122 valence electrons. The molecule has 0 bridgehead atoms. The van der Waals surface area contributed by atoms with E-state index >= 15 is 0 Å². The van der Waals surface area contributed by atoms with Gasteiger partial charge in [-0.15, -0.1) is 0 Å². The summed E-state index contributed by atoms with van der Waals surface area (Å²) in [5.41, 5.74) is 0.865. The number of hydrazone groups is 1. The van der Waals surface area contributed by atoms with Gasteiger partial charge in [-0.25, -0.2) is 0 Å². The first-order valence-corrected chi connectivity index (χ1v) is 8.86. The molecule has 0 amide bonds. The predicted molar refractivity (Wildman–Crippen MR) is 93.5 cm³/mol. The van der Waals surface area contributed by atoms with Gasteiger partial charge in [0.25, 0.3) is 10.0 Å². The lowest BCUT2D eigenvalue weighted by Gasteiger charge is -2.01. The molecule has 0 fully saturated rings. The standard InChI is InChI=1S/C17H13ClN2O3S/c18-14-8-6-13(7-9-14)17-11-10-15(23-17)12-19-20-24(21,22)16-4-2-1-3-5-16/h1-12,20H/b19-12+. The van der Waals surface area contributed by atoms with E-state index in [9.17, 15) is 8.42 Å². The first-order chi connectivity index (χ1) is 11.5. The summed E-state index contributed by atoms with van der Waals surface area (Å²) in [6, 6.07) is 18.7. The third-order valence-electron chi connectivity index (χ3n) is 3.17. The fourth-order valence-electron chi connectivity index (χ4n) is 2.00. The van der Waals surface area contributed by atoms with Crippen molar-refractivity contribution in [1.82, 2.24) is 4.83 Å². The van der Waals surface area contributed by atoms with Crippen molar-refractivity contribution in [2.24, 2.45) is 5.10 Å². The normalized spacial score (nSPS) is 11.7. The number of furan rings is 1. The lowest BCUT2D eigenvalue weighted by molar-refractivity contribution is 0.573. The van der Waals surface area contributed by atoms with Crippen molar-refractivity contribution in [2.75, 3.05) is 0 Å². The van der Waals surface area contributed by atoms with E-state index in [0.717, 1.165) is 5.56 Å². The minimum atomic E-state index is -3.68. The van der Waals surface area contributed by atoms with Crippen molar-refractivity contribution in [2.45, 2.75) is 4.90 Å². The Hall–Kier alpha value is -2.57. The van der Waals surface area contributed by atoms with Gasteiger partial charge in [-0.05, 0) is 48.5 Å². The van der Waals surface area contributed by atoms with Gasteiger partial charge in [-0.3, -0.25) is 0 Å². The number of hydrogen-bond donors (Lipinski definition) is 1. The van der Waals surface area contributed by atoms with Gasteiger partial charge < -0.3 is 4.42 Å². The van der Waals surface area contributed by atoms with Gasteiger partial charge in [0.1, 0.15) is 11.5 Å². The first-order valence-electron chi connectivity index (χ1n) is 7.00. The van der Waals surface area contributed by atoms with Crippen LogP contribution in [0.3, 0.4) is 0 Å². The van der Waals surface area contributed by atoms with Crippen LogP contribution in [0.1, 0.15) is 5.76 Å². The molecule has 0 aliphatic carbocycles. The van der Waals surface area contributed by atoms with Crippen LogP contribution < -0.4 is 4.83 Å². The van der Waals surface area contributed by atoms with E-state index in [4.69, 9.17) is 16.0 Å². The fraction of sp³-hybridized carbons (Fsp3) is 0. The third-order valence-corrected chi connectivity index (χ3v) is 4.66. The average molecular weight is 361 g/mol. The van der Waals surface area contributed by atoms with Gasteiger partial charge in [-0.1, -0.05) is 29.8 Å². The minimum Gasteiger partial charge on any atom is -0.455 e. The van der Waals surface area contributed by atoms with Crippen LogP contribution in [-0.4, -0.2) is 14.6 Å². The molecule has 2 aromatic carbocycles. The number of hydrogen-bond acceptors (Lipinski definition) is 4. The van der Waals surface area contributed by atoms with E-state index < -0.39 is 10.0 Å². The first kappa shape index (κ1) is 16.3. The molecule has 0 aliphatic rings. The molecule has 24 heavy (non-hydrogen) atoms. The van der Waals surface area contributed by atoms with Gasteiger partial charge in [0, 0.05) is 10.6 Å². The molecule has 1 heterocycles. The van der Waals surface area contributed by atoms with E-state index in [1.807, 2.05) is 12.1 Å². The Morgan fingerprint density at radius 1 is 0.958 bits per heavy atom. The second-order valence-corrected chi connectivity index (χ2v) is 6.97. The SMILES string of the molecule is O=S(=O)(N/N=C/c1ccc(-c2ccc(Cl)cc2)o1)c1ccccc1. The zero-order valence-corrected chi connectivity index (χ0v) is 14.0. The Labute approximate surface area is 144 Å². The molecule has 3 rings (SSSR count). The summed E-state index contributed by atoms with van der Waals surface area (Å²) in [4.78, 5) is 2.29. The number of halogens is 1. The second-order valence-electron chi connectivity index (χ2n) is 4.87. The number of nitrogens with one attached hydrogen (secondary N) is 1. The summed E-state index contributed by atoms with van der Waals surface area (Å²) < 4.78 is 29.6. The fourth-order valence-corrected chi connectivity index (χ4v) is 2.94. The summed E-state index contributed by atoms with van der Waals surface area (Å²) in [6.07, 6.45) is 1.31. The quantitative estimate of drug-likeness (QED) is 0.553. The highest BCUT2D eigenvalue weighted by atomic mass is 35.5. The smallest absolute Gasteiger partial charge is 0.276 e. The van der Waals surface area contributed by atoms with Crippen LogP contribution in [0.25, 0.3) is 11.3 Å². The molecule has 0 unspecified atom stereocenters. The van der Waals surface area contributed by atoms with Gasteiger partial charge in [-0.2, -0.15) is 18.4 Å². The largest absolute Gasteiger partial charge is 0.455 e. The Bertz CT molecular complexity index is 949. The summed E-state index contributed by atoms with van der Waals surface area (Å²) in [7, 11) is -3.68. The summed E-state index contributed by atoms with van der Waals surface area (Å²) in [5, 5.41) is 4.37. The second kappa shape index (κ2) is 6.90. The molecular formula is C17H13ClN2O3S. The van der Waals surface area contributed by atoms with Crippen LogP contribution >= 0.6 is 11.6 Å². The highest BCUT2D eigenvalue weighted by molar-refractivity contribution is 7.89. The van der Waals surface area contributed by atoms with E-state index in [0.29, 0.717) is 16.5 Å². The molecule has 1 N–H and O–H groups in total. The topological polar surface area (TPSA) is 71.7 Å². The summed E-state index contributed by atoms with van der Waals surface area (Å²) in [6.45, 7) is 0. The Morgan fingerprint density at radius 2 is 1.67 bits per heavy atom. The van der Waals surface area contributed by atoms with Gasteiger partial charge in [0.05, 0.1) is 11.1 Å². The van der Waals surface area contributed by atoms with Crippen LogP contribution in [0.2, 0.25) is 5.02 Å². The van der Waals surface area contributed by atoms with Crippen molar-refractivity contribution in [3.8, 4) is 11.3 Å². The van der Waals surface area contributed by atoms with Crippen molar-refractivity contribution >= 4 is 27.8 Å². The zero-order chi connectivity index (χ0) is 17.0. The number of benzene rings is 2. The van der Waals surface area contributed by atoms with Crippen molar-refractivity contribution < 1.29 is 12.8 Å². The summed E-state index contributed by atoms with van der Waals surface area (Å²) in [5.74, 6) is 1.06. The zero-order valence-electron chi connectivity index (χ0n) is 12.4. The molecule has 0 saturated heterocycles. The van der Waals surface area contributed by atoms with Crippen LogP contribution in [0.15, 0.2) is 81.1 Å². The molecule has 0 atom stereocenters. The highest BCUT2D eigenvalue weighted by Crippen LogP contribution is 2.23. The molecule has 0 saturated carbocycles. The molecule has 0 spiro atoms. The van der Waals surface area contributed by atoms with Crippen LogP contribution in [0.4, 0.5) is 0 Å². The van der Waals surface area contributed by atoms with Gasteiger partial charge >= 0.3 is 0 Å². The van der Waals surface area contributed by atoms with E-state index in [-0.39, 0.29) is 4.90 Å². The maximum atomic E-state index is 12.0. The number of sulfonamides is 1. The molecule has 7 heteroatoms. The van der Waals surface area contributed by atoms with Crippen molar-refractivity contribution in [1.29, 1.82) is 0 Å². The molecule has 3 aromatic rings. The lowest BCUT2D eigenvalue weighted by atomic mass is 10.2. The monoisotopic (exact) mass is 360 g/mol. The Balaban J connectivity index is 1.71. The van der Waals surface area contributed by atoms with Crippen molar-refractivity contribution in [3.05, 3.63) is 77.5 Å². The number of nitrogens with zero attached hydrogens (tertiary/aromatic N) is 1. The molecule has 5 nitrogen and oxygen atoms in total. The van der Waals surface area contributed by atoms with Crippen LogP contribution in [0, 0.1) is 0 Å². The van der Waals surface area contributed by atoms with Crippen LogP contribution in [0.5, 0.6) is 0 Å². The predicted octanol–water partition coefficient (Wildman–Crippen LogP) is 3.91. The van der Waals surface area contributed by atoms with E-state index in [2.05, 4.69) is 9.93 Å². The van der Waals surface area contributed by atoms with Crippen LogP contribution in [-0.2, 0) is 10.0 Å². The highest BCUT2D eigenvalue weighted by Gasteiger charge is 2.11.